The highest BCUT2D eigenvalue weighted by Gasteiger charge is 2.42. The van der Waals surface area contributed by atoms with Crippen LogP contribution in [-0.2, 0) is 4.74 Å². The third-order valence-corrected chi connectivity index (χ3v) is 7.06. The van der Waals surface area contributed by atoms with Gasteiger partial charge in [-0.05, 0) is 55.2 Å². The Morgan fingerprint density at radius 3 is 2.65 bits per heavy atom. The maximum absolute atomic E-state index is 13.5. The molecule has 37 heavy (non-hydrogen) atoms. The summed E-state index contributed by atoms with van der Waals surface area (Å²) < 4.78 is 16.9. The molecule has 198 valence electrons. The number of aromatic nitrogens is 2. The van der Waals surface area contributed by atoms with E-state index in [4.69, 9.17) is 25.8 Å². The van der Waals surface area contributed by atoms with Crippen molar-refractivity contribution in [2.75, 3.05) is 34.0 Å². The third-order valence-electron chi connectivity index (χ3n) is 6.65. The summed E-state index contributed by atoms with van der Waals surface area (Å²) in [5.74, 6) is 1.14. The molecule has 0 saturated carbocycles. The Hall–Kier alpha value is -3.23. The molecule has 0 aliphatic carbocycles. The van der Waals surface area contributed by atoms with E-state index in [1.165, 1.54) is 0 Å². The number of carbonyl (C=O) groups is 1. The van der Waals surface area contributed by atoms with E-state index in [0.717, 1.165) is 30.4 Å². The second-order valence-electron chi connectivity index (χ2n) is 9.19. The van der Waals surface area contributed by atoms with E-state index >= 15 is 0 Å². The standard InChI is InChI=1S/C28H34ClN3O5/c1-5-6-7-13-37-22-10-9-18(15-23(22)36-4)27-24-25(19-16-20(29)17(2)14-21(19)33)30-31-26(24)28(34)32(27)11-8-12-35-3/h9-10,14-16,27,33H,5-8,11-13H2,1-4H3,(H,30,31). The summed E-state index contributed by atoms with van der Waals surface area (Å²) in [6.07, 6.45) is 3.85. The minimum absolute atomic E-state index is 0.0497. The Labute approximate surface area is 222 Å². The van der Waals surface area contributed by atoms with Crippen LogP contribution in [0.5, 0.6) is 17.2 Å². The van der Waals surface area contributed by atoms with E-state index in [1.807, 2.05) is 25.1 Å². The largest absolute Gasteiger partial charge is 0.507 e. The minimum atomic E-state index is -0.448. The van der Waals surface area contributed by atoms with Gasteiger partial charge in [0.05, 0.1) is 19.8 Å². The van der Waals surface area contributed by atoms with Gasteiger partial charge in [-0.1, -0.05) is 37.4 Å². The number of amides is 1. The fourth-order valence-corrected chi connectivity index (χ4v) is 4.89. The third kappa shape index (κ3) is 5.40. The van der Waals surface area contributed by atoms with Crippen LogP contribution in [-0.4, -0.2) is 60.1 Å². The van der Waals surface area contributed by atoms with Gasteiger partial charge in [-0.15, -0.1) is 0 Å². The van der Waals surface area contributed by atoms with Crippen molar-refractivity contribution in [2.24, 2.45) is 0 Å². The molecule has 0 spiro atoms. The molecule has 0 radical (unpaired) electrons. The quantitative estimate of drug-likeness (QED) is 0.284. The van der Waals surface area contributed by atoms with Gasteiger partial charge in [0.2, 0.25) is 0 Å². The van der Waals surface area contributed by atoms with E-state index in [0.29, 0.717) is 65.2 Å². The number of phenolic OH excluding ortho intramolecular Hbond substituents is 1. The van der Waals surface area contributed by atoms with Gasteiger partial charge < -0.3 is 24.2 Å². The molecule has 9 heteroatoms. The molecule has 2 N–H and O–H groups in total. The summed E-state index contributed by atoms with van der Waals surface area (Å²) in [6.45, 7) is 5.59. The highest BCUT2D eigenvalue weighted by Crippen LogP contribution is 2.46. The lowest BCUT2D eigenvalue weighted by Gasteiger charge is -2.27. The van der Waals surface area contributed by atoms with Gasteiger partial charge >= 0.3 is 0 Å². The van der Waals surface area contributed by atoms with Gasteiger partial charge in [-0.3, -0.25) is 9.89 Å². The van der Waals surface area contributed by atoms with Crippen molar-refractivity contribution in [3.63, 3.8) is 0 Å². The van der Waals surface area contributed by atoms with Crippen molar-refractivity contribution in [3.8, 4) is 28.5 Å². The van der Waals surface area contributed by atoms with Crippen molar-refractivity contribution in [1.29, 1.82) is 0 Å². The highest BCUT2D eigenvalue weighted by molar-refractivity contribution is 6.31. The van der Waals surface area contributed by atoms with Crippen molar-refractivity contribution >= 4 is 17.5 Å². The van der Waals surface area contributed by atoms with Gasteiger partial charge in [0.15, 0.2) is 11.5 Å². The summed E-state index contributed by atoms with van der Waals surface area (Å²) in [7, 11) is 3.25. The Morgan fingerprint density at radius 2 is 1.92 bits per heavy atom. The lowest BCUT2D eigenvalue weighted by molar-refractivity contribution is 0.0723. The Balaban J connectivity index is 1.78. The van der Waals surface area contributed by atoms with Crippen LogP contribution in [0.25, 0.3) is 11.3 Å². The van der Waals surface area contributed by atoms with Crippen molar-refractivity contribution < 1.29 is 24.1 Å². The highest BCUT2D eigenvalue weighted by atomic mass is 35.5. The van der Waals surface area contributed by atoms with Crippen molar-refractivity contribution in [1.82, 2.24) is 15.1 Å². The molecule has 4 rings (SSSR count). The lowest BCUT2D eigenvalue weighted by atomic mass is 9.95. The number of benzene rings is 2. The maximum atomic E-state index is 13.5. The van der Waals surface area contributed by atoms with Crippen LogP contribution in [0.3, 0.4) is 0 Å². The number of phenols is 1. The van der Waals surface area contributed by atoms with Crippen LogP contribution < -0.4 is 9.47 Å². The number of aromatic amines is 1. The van der Waals surface area contributed by atoms with Crippen LogP contribution in [0.4, 0.5) is 0 Å². The number of carbonyl (C=O) groups excluding carboxylic acids is 1. The van der Waals surface area contributed by atoms with Gasteiger partial charge in [0.25, 0.3) is 5.91 Å². The smallest absolute Gasteiger partial charge is 0.273 e. The molecule has 2 heterocycles. The van der Waals surface area contributed by atoms with Gasteiger partial charge in [-0.2, -0.15) is 5.10 Å². The van der Waals surface area contributed by atoms with Crippen molar-refractivity contribution in [3.05, 3.63) is 57.7 Å². The first kappa shape index (κ1) is 26.8. The molecule has 1 amide bonds. The number of aryl methyl sites for hydroxylation is 1. The van der Waals surface area contributed by atoms with E-state index in [9.17, 15) is 9.90 Å². The maximum Gasteiger partial charge on any atom is 0.273 e. The molecule has 1 aromatic heterocycles. The molecule has 0 saturated heterocycles. The number of nitrogens with zero attached hydrogens (tertiary/aromatic N) is 2. The molecule has 1 atom stereocenters. The number of unbranched alkanes of at least 4 members (excludes halogenated alkanes) is 2. The second kappa shape index (κ2) is 11.9. The first-order valence-electron chi connectivity index (χ1n) is 12.6. The SMILES string of the molecule is CCCCCOc1ccc(C2c3c(-c4cc(Cl)c(C)cc4O)n[nH]c3C(=O)N2CCCOC)cc1OC. The van der Waals surface area contributed by atoms with Crippen molar-refractivity contribution in [2.45, 2.75) is 45.6 Å². The molecule has 8 nitrogen and oxygen atoms in total. The summed E-state index contributed by atoms with van der Waals surface area (Å²) in [5, 5.41) is 18.6. The number of nitrogens with one attached hydrogen (secondary N) is 1. The number of rotatable bonds is 12. The predicted octanol–water partition coefficient (Wildman–Crippen LogP) is 5.90. The molecule has 0 bridgehead atoms. The average molecular weight is 528 g/mol. The molecular formula is C28H34ClN3O5. The first-order chi connectivity index (χ1) is 17.9. The van der Waals surface area contributed by atoms with Crippen LogP contribution in [0.15, 0.2) is 30.3 Å². The number of hydrogen-bond acceptors (Lipinski definition) is 6. The van der Waals surface area contributed by atoms with Gasteiger partial charge in [0.1, 0.15) is 17.1 Å². The first-order valence-corrected chi connectivity index (χ1v) is 13.0. The monoisotopic (exact) mass is 527 g/mol. The van der Waals surface area contributed by atoms with E-state index < -0.39 is 6.04 Å². The topological polar surface area (TPSA) is 96.9 Å². The van der Waals surface area contributed by atoms with Crippen LogP contribution in [0, 0.1) is 6.92 Å². The zero-order chi connectivity index (χ0) is 26.5. The molecule has 3 aromatic rings. The zero-order valence-electron chi connectivity index (χ0n) is 21.8. The number of H-pyrrole nitrogens is 1. The van der Waals surface area contributed by atoms with E-state index in [1.54, 1.807) is 31.3 Å². The second-order valence-corrected chi connectivity index (χ2v) is 9.60. The normalized spacial score (nSPS) is 14.8. The fourth-order valence-electron chi connectivity index (χ4n) is 4.72. The minimum Gasteiger partial charge on any atom is -0.507 e. The number of fused-ring (bicyclic) bond motifs is 1. The molecule has 1 unspecified atom stereocenters. The van der Waals surface area contributed by atoms with Gasteiger partial charge in [-0.25, -0.2) is 0 Å². The molecule has 0 fully saturated rings. The van der Waals surface area contributed by atoms with Gasteiger partial charge in [0, 0.05) is 36.4 Å². The zero-order valence-corrected chi connectivity index (χ0v) is 22.5. The van der Waals surface area contributed by atoms with E-state index in [2.05, 4.69) is 17.1 Å². The molecule has 1 aliphatic heterocycles. The summed E-state index contributed by atoms with van der Waals surface area (Å²) in [4.78, 5) is 15.3. The number of aromatic hydroxyl groups is 1. The predicted molar refractivity (Wildman–Crippen MR) is 143 cm³/mol. The number of halogens is 1. The van der Waals surface area contributed by atoms with Crippen LogP contribution in [0.2, 0.25) is 5.02 Å². The molecule has 1 aliphatic rings. The fraction of sp³-hybridized carbons (Fsp3) is 0.429. The summed E-state index contributed by atoms with van der Waals surface area (Å²) in [6, 6.07) is 8.59. The van der Waals surface area contributed by atoms with Crippen LogP contribution >= 0.6 is 11.6 Å². The Kier molecular flexibility index (Phi) is 8.61. The molecular weight excluding hydrogens is 494 g/mol. The summed E-state index contributed by atoms with van der Waals surface area (Å²) >= 11 is 6.40. The molecule has 2 aromatic carbocycles. The Bertz CT molecular complexity index is 1260. The lowest BCUT2D eigenvalue weighted by Crippen LogP contribution is -2.31. The number of ether oxygens (including phenoxy) is 3. The number of hydrogen-bond donors (Lipinski definition) is 2. The Morgan fingerprint density at radius 1 is 1.11 bits per heavy atom. The summed E-state index contributed by atoms with van der Waals surface area (Å²) in [5.41, 5.74) is 3.64. The average Bonchev–Trinajstić information content (AvgIpc) is 3.43. The number of methoxy groups -OCH3 is 2. The van der Waals surface area contributed by atoms with Crippen LogP contribution in [0.1, 0.15) is 65.8 Å². The van der Waals surface area contributed by atoms with E-state index in [-0.39, 0.29) is 11.7 Å².